The topological polar surface area (TPSA) is 257 Å². The lowest BCUT2D eigenvalue weighted by Gasteiger charge is -2.17. The van der Waals surface area contributed by atoms with Crippen LogP contribution in [0.3, 0.4) is 0 Å². The molecule has 5 aromatic rings. The van der Waals surface area contributed by atoms with Gasteiger partial charge in [-0.15, -0.1) is 5.75 Å². The van der Waals surface area contributed by atoms with Crippen molar-refractivity contribution in [2.75, 3.05) is 39.6 Å². The molecule has 7 rings (SSSR count). The molecule has 1 aliphatic carbocycles. The van der Waals surface area contributed by atoms with Gasteiger partial charge >= 0.3 is 5.97 Å². The van der Waals surface area contributed by atoms with Crippen molar-refractivity contribution < 1.29 is 58.0 Å². The number of thioether (sulfide) groups is 1. The Morgan fingerprint density at radius 2 is 1.49 bits per heavy atom. The number of rotatable bonds is 22. The molecule has 358 valence electrons. The molecule has 5 aromatic carbocycles. The first-order chi connectivity index (χ1) is 33.8. The van der Waals surface area contributed by atoms with Crippen molar-refractivity contribution in [2.24, 2.45) is 0 Å². The smallest absolute Gasteiger partial charge is 0.336 e. The van der Waals surface area contributed by atoms with Crippen LogP contribution in [-0.4, -0.2) is 77.6 Å². The summed E-state index contributed by atoms with van der Waals surface area (Å²) in [5.74, 6) is -2.04. The zero-order valence-corrected chi connectivity index (χ0v) is 38.0. The molecule has 0 saturated carbocycles. The van der Waals surface area contributed by atoms with Gasteiger partial charge in [0.1, 0.15) is 17.1 Å². The summed E-state index contributed by atoms with van der Waals surface area (Å²) in [7, 11) is 0. The van der Waals surface area contributed by atoms with E-state index >= 15 is 0 Å². The number of benzene rings is 6. The van der Waals surface area contributed by atoms with E-state index in [1.807, 2.05) is 0 Å². The molecule has 0 spiro atoms. The minimum Gasteiger partial charge on any atom is -0.872 e. The van der Waals surface area contributed by atoms with E-state index in [0.717, 1.165) is 22.9 Å². The van der Waals surface area contributed by atoms with Crippen LogP contribution in [-0.2, 0) is 43.4 Å². The Morgan fingerprint density at radius 3 is 2.23 bits per heavy atom. The maximum atomic E-state index is 13.2. The number of hydrogen-bond acceptors (Lipinski definition) is 14. The second kappa shape index (κ2) is 23.7. The number of carbonyl (C=O) groups is 4. The van der Waals surface area contributed by atoms with Gasteiger partial charge in [-0.05, 0) is 100 Å². The van der Waals surface area contributed by atoms with Crippen molar-refractivity contribution in [1.29, 1.82) is 0 Å². The number of aromatic hydroxyl groups is 1. The van der Waals surface area contributed by atoms with Crippen LogP contribution in [0.15, 0.2) is 142 Å². The fourth-order valence-electron chi connectivity index (χ4n) is 7.23. The van der Waals surface area contributed by atoms with Crippen LogP contribution in [0.2, 0.25) is 0 Å². The van der Waals surface area contributed by atoms with Gasteiger partial charge < -0.3 is 44.6 Å². The minimum atomic E-state index is -1.23. The van der Waals surface area contributed by atoms with Crippen LogP contribution in [0.25, 0.3) is 39.5 Å². The summed E-state index contributed by atoms with van der Waals surface area (Å²) >= 11 is 1.00. The van der Waals surface area contributed by atoms with Gasteiger partial charge in [0.15, 0.2) is 5.43 Å². The quantitative estimate of drug-likeness (QED) is 0.0132. The number of ether oxygens (including phenoxy) is 3. The molecule has 2 amide bonds. The Bertz CT molecular complexity index is 3100. The lowest BCUT2D eigenvalue weighted by molar-refractivity contribution is -0.384. The normalized spacial score (nSPS) is 11.3. The number of nitrogens with one attached hydrogen (secondary N) is 2. The third kappa shape index (κ3) is 13.5. The van der Waals surface area contributed by atoms with Gasteiger partial charge in [0.2, 0.25) is 11.0 Å². The van der Waals surface area contributed by atoms with E-state index in [4.69, 9.17) is 18.6 Å². The van der Waals surface area contributed by atoms with Gasteiger partial charge in [0.05, 0.1) is 56.5 Å². The fraction of sp³-hybridized carbons (Fsp3) is 0.173. The molecule has 0 aromatic heterocycles. The average molecular weight is 967 g/mol. The number of phenolic OH excluding ortho intramolecular Hbond substituents is 1. The molecule has 2 aliphatic rings. The third-order valence-electron chi connectivity index (χ3n) is 10.6. The molecule has 4 N–H and O–H groups in total. The lowest BCUT2D eigenvalue weighted by Crippen LogP contribution is -2.27. The lowest BCUT2D eigenvalue weighted by atomic mass is 9.89. The SMILES string of the molecule is O=C(Cc1ccc(SC(=O)C=Cc2ccc([O-])cc2COCCOCCOCCNC(=O)c2ccc(C(=O)O)c(-c3c4ccc(=O)cc-4oc4cc(O)ccc34)c2)cc1)NCc1ccc([N+](=O)[O-])cc1. The number of nitro benzene ring substituents is 1. The van der Waals surface area contributed by atoms with Gasteiger partial charge in [-0.2, -0.15) is 0 Å². The molecule has 70 heavy (non-hydrogen) atoms. The van der Waals surface area contributed by atoms with Gasteiger partial charge in [-0.25, -0.2) is 4.79 Å². The largest absolute Gasteiger partial charge is 0.872 e. The molecule has 18 heteroatoms. The number of nitro groups is 1. The Morgan fingerprint density at radius 1 is 0.757 bits per heavy atom. The maximum absolute atomic E-state index is 13.2. The highest BCUT2D eigenvalue weighted by atomic mass is 32.2. The monoisotopic (exact) mass is 966 g/mol. The zero-order valence-electron chi connectivity index (χ0n) is 37.2. The second-order valence-electron chi connectivity index (χ2n) is 15.6. The Hall–Kier alpha value is -8.16. The number of non-ortho nitro benzene ring substituents is 1. The van der Waals surface area contributed by atoms with E-state index in [2.05, 4.69) is 10.6 Å². The van der Waals surface area contributed by atoms with E-state index in [-0.39, 0.29) is 121 Å². The summed E-state index contributed by atoms with van der Waals surface area (Å²) in [5.41, 5.74) is 3.76. The molecule has 0 fully saturated rings. The molecule has 0 radical (unpaired) electrons. The van der Waals surface area contributed by atoms with E-state index in [1.165, 1.54) is 78.9 Å². The van der Waals surface area contributed by atoms with Crippen molar-refractivity contribution in [3.8, 4) is 33.9 Å². The van der Waals surface area contributed by atoms with Gasteiger partial charge in [-0.1, -0.05) is 48.5 Å². The Balaban J connectivity index is 0.803. The number of carbonyl (C=O) groups excluding carboxylic acids is 3. The van der Waals surface area contributed by atoms with Crippen LogP contribution in [0.1, 0.15) is 43.0 Å². The first kappa shape index (κ1) is 49.7. The average Bonchev–Trinajstić information content (AvgIpc) is 3.34. The number of amides is 2. The Kier molecular flexibility index (Phi) is 16.9. The Labute approximate surface area is 403 Å². The second-order valence-corrected chi connectivity index (χ2v) is 16.6. The van der Waals surface area contributed by atoms with E-state index in [9.17, 15) is 49.4 Å². The third-order valence-corrected chi connectivity index (χ3v) is 11.5. The van der Waals surface area contributed by atoms with Crippen molar-refractivity contribution >= 4 is 57.4 Å². The van der Waals surface area contributed by atoms with Crippen LogP contribution in [0, 0.1) is 10.1 Å². The highest BCUT2D eigenvalue weighted by Gasteiger charge is 2.23. The predicted molar refractivity (Wildman–Crippen MR) is 258 cm³/mol. The van der Waals surface area contributed by atoms with Crippen LogP contribution in [0.4, 0.5) is 5.69 Å². The van der Waals surface area contributed by atoms with E-state index < -0.39 is 16.8 Å². The minimum absolute atomic E-state index is 0.0271. The zero-order chi connectivity index (χ0) is 49.6. The molecule has 1 heterocycles. The summed E-state index contributed by atoms with van der Waals surface area (Å²) in [6.07, 6.45) is 3.14. The first-order valence-corrected chi connectivity index (χ1v) is 22.5. The van der Waals surface area contributed by atoms with Crippen molar-refractivity contribution in [3.05, 3.63) is 181 Å². The molecule has 1 aliphatic heterocycles. The number of nitrogens with zero attached hydrogens (tertiary/aromatic N) is 1. The van der Waals surface area contributed by atoms with E-state index in [0.29, 0.717) is 32.5 Å². The van der Waals surface area contributed by atoms with Gasteiger partial charge in [-0.3, -0.25) is 29.3 Å². The number of aromatic carboxylic acids is 1. The number of phenols is 1. The van der Waals surface area contributed by atoms with Crippen molar-refractivity contribution in [1.82, 2.24) is 10.6 Å². The fourth-order valence-corrected chi connectivity index (χ4v) is 7.87. The van der Waals surface area contributed by atoms with E-state index in [1.54, 1.807) is 54.6 Å². The first-order valence-electron chi connectivity index (χ1n) is 21.7. The summed E-state index contributed by atoms with van der Waals surface area (Å²) in [5, 5.41) is 49.0. The molecular formula is C52H44N3O14S-. The highest BCUT2D eigenvalue weighted by molar-refractivity contribution is 8.14. The molecule has 0 unspecified atom stereocenters. The maximum Gasteiger partial charge on any atom is 0.336 e. The highest BCUT2D eigenvalue weighted by Crippen LogP contribution is 2.42. The van der Waals surface area contributed by atoms with Gasteiger partial charge in [0.25, 0.3) is 11.6 Å². The van der Waals surface area contributed by atoms with Crippen molar-refractivity contribution in [3.63, 3.8) is 0 Å². The summed E-state index contributed by atoms with van der Waals surface area (Å²) < 4.78 is 22.8. The number of fused-ring (bicyclic) bond motifs is 2. The number of carboxylic acid groups (broad SMARTS) is 1. The molecule has 0 bridgehead atoms. The van der Waals surface area contributed by atoms with Crippen molar-refractivity contribution in [2.45, 2.75) is 24.5 Å². The number of carboxylic acids is 1. The van der Waals surface area contributed by atoms with Crippen LogP contribution >= 0.6 is 11.8 Å². The van der Waals surface area contributed by atoms with Crippen LogP contribution in [0.5, 0.6) is 11.5 Å². The predicted octanol–water partition coefficient (Wildman–Crippen LogP) is 7.12. The van der Waals surface area contributed by atoms with Crippen LogP contribution < -0.4 is 21.2 Å². The molecule has 0 atom stereocenters. The standard InChI is InChI=1S/C52H45N3O14S/c56-38-10-5-34(7-18-49(60)70-41-13-3-32(4-14-41)25-48(59)54-30-33-1-8-37(9-2-33)55(64)65)36(26-38)31-68-24-23-67-22-21-66-20-19-53-51(61)35-6-15-42(52(62)63)45(27-35)50-43-16-11-39(57)28-46(43)69-47-29-40(58)12-17-44(47)50/h1-18,26-29,56-57H,19-25,30-31H2,(H,53,61)(H,54,59)(H,62,63)/p-1. The summed E-state index contributed by atoms with van der Waals surface area (Å²) in [6, 6.07) is 30.1. The summed E-state index contributed by atoms with van der Waals surface area (Å²) in [4.78, 5) is 74.1. The molecular weight excluding hydrogens is 923 g/mol. The number of hydrogen-bond donors (Lipinski definition) is 4. The van der Waals surface area contributed by atoms with Gasteiger partial charge in [0, 0.05) is 64.3 Å². The molecule has 0 saturated heterocycles. The summed E-state index contributed by atoms with van der Waals surface area (Å²) in [6.45, 7) is 1.54. The molecule has 17 nitrogen and oxygen atoms in total.